The molecule has 0 saturated carbocycles. The minimum absolute atomic E-state index is 0.0305. The van der Waals surface area contributed by atoms with Gasteiger partial charge in [0, 0.05) is 54.3 Å². The van der Waals surface area contributed by atoms with Crippen molar-refractivity contribution in [1.29, 1.82) is 0 Å². The monoisotopic (exact) mass is 466 g/mol. The Kier molecular flexibility index (Phi) is 7.29. The summed E-state index contributed by atoms with van der Waals surface area (Å²) < 4.78 is 0. The molecule has 2 aromatic carbocycles. The van der Waals surface area contributed by atoms with E-state index in [1.807, 2.05) is 47.4 Å². The summed E-state index contributed by atoms with van der Waals surface area (Å²) in [6.45, 7) is 2.83. The highest BCUT2D eigenvalue weighted by Crippen LogP contribution is 2.21. The maximum absolute atomic E-state index is 12.7. The predicted octanol–water partition coefficient (Wildman–Crippen LogP) is 4.43. The lowest BCUT2D eigenvalue weighted by Gasteiger charge is -2.36. The van der Waals surface area contributed by atoms with Gasteiger partial charge >= 0.3 is 0 Å². The number of piperazine rings is 1. The summed E-state index contributed by atoms with van der Waals surface area (Å²) in [6.07, 6.45) is 1.71. The van der Waals surface area contributed by atoms with Gasteiger partial charge in [-0.3, -0.25) is 9.59 Å². The van der Waals surface area contributed by atoms with Crippen molar-refractivity contribution < 1.29 is 9.59 Å². The predicted molar refractivity (Wildman–Crippen MR) is 130 cm³/mol. The van der Waals surface area contributed by atoms with Crippen LogP contribution in [0.4, 0.5) is 11.4 Å². The molecule has 2 amide bonds. The Labute approximate surface area is 196 Å². The summed E-state index contributed by atoms with van der Waals surface area (Å²) in [5.74, 6) is 0.272. The van der Waals surface area contributed by atoms with Crippen molar-refractivity contribution in [3.8, 4) is 0 Å². The number of hydrogen-bond acceptors (Lipinski definition) is 5. The average molecular weight is 467 g/mol. The highest BCUT2D eigenvalue weighted by Gasteiger charge is 2.22. The first-order chi connectivity index (χ1) is 15.6. The molecule has 0 unspecified atom stereocenters. The van der Waals surface area contributed by atoms with E-state index in [2.05, 4.69) is 15.2 Å². The van der Waals surface area contributed by atoms with Crippen molar-refractivity contribution in [3.63, 3.8) is 0 Å². The van der Waals surface area contributed by atoms with Gasteiger partial charge in [0.2, 0.25) is 5.91 Å². The van der Waals surface area contributed by atoms with E-state index in [4.69, 9.17) is 11.6 Å². The fraction of sp³-hybridized carbons (Fsp3) is 0.208. The smallest absolute Gasteiger partial charge is 0.253 e. The number of carbonyl (C=O) groups excluding carboxylic acids is 2. The zero-order chi connectivity index (χ0) is 22.3. The number of hydrogen-bond donors (Lipinski definition) is 1. The summed E-state index contributed by atoms with van der Waals surface area (Å²) in [5, 5.41) is 4.37. The van der Waals surface area contributed by atoms with E-state index in [1.165, 1.54) is 11.8 Å². The standard InChI is InChI=1S/C24H23ClN4O2S/c25-19-6-4-18(5-7-19)24(31)29-15-13-28(14-16-29)21-10-8-20(9-11-21)27-22(30)17-32-23-3-1-2-12-26-23/h1-12H,13-17H2,(H,27,30). The van der Waals surface area contributed by atoms with E-state index in [-0.39, 0.29) is 11.8 Å². The van der Waals surface area contributed by atoms with Crippen LogP contribution < -0.4 is 10.2 Å². The fourth-order valence-corrected chi connectivity index (χ4v) is 4.25. The molecule has 1 aliphatic rings. The van der Waals surface area contributed by atoms with E-state index < -0.39 is 0 Å². The number of nitrogens with one attached hydrogen (secondary N) is 1. The van der Waals surface area contributed by atoms with Crippen LogP contribution in [0.15, 0.2) is 78.0 Å². The molecule has 3 aromatic rings. The van der Waals surface area contributed by atoms with E-state index in [1.54, 1.807) is 30.5 Å². The molecule has 0 aliphatic carbocycles. The first-order valence-electron chi connectivity index (χ1n) is 10.3. The zero-order valence-electron chi connectivity index (χ0n) is 17.4. The van der Waals surface area contributed by atoms with Gasteiger partial charge in [0.25, 0.3) is 5.91 Å². The number of aromatic nitrogens is 1. The lowest BCUT2D eigenvalue weighted by Crippen LogP contribution is -2.48. The van der Waals surface area contributed by atoms with Gasteiger partial charge in [-0.1, -0.05) is 29.4 Å². The second-order valence-electron chi connectivity index (χ2n) is 7.34. The highest BCUT2D eigenvalue weighted by atomic mass is 35.5. The summed E-state index contributed by atoms with van der Waals surface area (Å²) in [7, 11) is 0. The van der Waals surface area contributed by atoms with E-state index in [0.29, 0.717) is 29.4 Å². The summed E-state index contributed by atoms with van der Waals surface area (Å²) in [6, 6.07) is 20.4. The molecule has 0 bridgehead atoms. The first-order valence-corrected chi connectivity index (χ1v) is 11.7. The van der Waals surface area contributed by atoms with E-state index >= 15 is 0 Å². The Morgan fingerprint density at radius 2 is 1.66 bits per heavy atom. The number of anilines is 2. The normalized spacial score (nSPS) is 13.7. The molecule has 4 rings (SSSR count). The average Bonchev–Trinajstić information content (AvgIpc) is 2.84. The minimum Gasteiger partial charge on any atom is -0.368 e. The first kappa shape index (κ1) is 22.2. The van der Waals surface area contributed by atoms with Gasteiger partial charge in [0.15, 0.2) is 0 Å². The van der Waals surface area contributed by atoms with Crippen LogP contribution in [0.3, 0.4) is 0 Å². The van der Waals surface area contributed by atoms with Crippen LogP contribution in [0, 0.1) is 0 Å². The maximum Gasteiger partial charge on any atom is 0.253 e. The molecule has 0 spiro atoms. The van der Waals surface area contributed by atoms with Crippen LogP contribution in [0.1, 0.15) is 10.4 Å². The van der Waals surface area contributed by atoms with Crippen LogP contribution in [-0.2, 0) is 4.79 Å². The van der Waals surface area contributed by atoms with Gasteiger partial charge in [0.05, 0.1) is 10.8 Å². The molecular weight excluding hydrogens is 444 g/mol. The van der Waals surface area contributed by atoms with Gasteiger partial charge in [-0.25, -0.2) is 4.98 Å². The minimum atomic E-state index is -0.0669. The molecular formula is C24H23ClN4O2S. The molecule has 1 saturated heterocycles. The van der Waals surface area contributed by atoms with Crippen LogP contribution in [0.2, 0.25) is 5.02 Å². The molecule has 164 valence electrons. The van der Waals surface area contributed by atoms with E-state index in [0.717, 1.165) is 29.5 Å². The zero-order valence-corrected chi connectivity index (χ0v) is 19.0. The fourth-order valence-electron chi connectivity index (χ4n) is 3.47. The molecule has 0 atom stereocenters. The molecule has 0 radical (unpaired) electrons. The molecule has 2 heterocycles. The Hall–Kier alpha value is -3.03. The Bertz CT molecular complexity index is 1050. The van der Waals surface area contributed by atoms with Gasteiger partial charge < -0.3 is 15.1 Å². The number of benzene rings is 2. The van der Waals surface area contributed by atoms with Crippen LogP contribution >= 0.6 is 23.4 Å². The Morgan fingerprint density at radius 1 is 0.938 bits per heavy atom. The van der Waals surface area contributed by atoms with Crippen molar-refractivity contribution in [2.75, 3.05) is 42.1 Å². The Morgan fingerprint density at radius 3 is 2.31 bits per heavy atom. The van der Waals surface area contributed by atoms with Gasteiger partial charge in [-0.05, 0) is 60.7 Å². The SMILES string of the molecule is O=C(CSc1ccccn1)Nc1ccc(N2CCN(C(=O)c3ccc(Cl)cc3)CC2)cc1. The molecule has 1 aromatic heterocycles. The molecule has 1 aliphatic heterocycles. The van der Waals surface area contributed by atoms with Crippen molar-refractivity contribution >= 4 is 46.6 Å². The number of amides is 2. The second kappa shape index (κ2) is 10.5. The maximum atomic E-state index is 12.7. The lowest BCUT2D eigenvalue weighted by atomic mass is 10.1. The molecule has 1 N–H and O–H groups in total. The summed E-state index contributed by atoms with van der Waals surface area (Å²) >= 11 is 7.32. The van der Waals surface area contributed by atoms with Gasteiger partial charge in [-0.15, -0.1) is 0 Å². The van der Waals surface area contributed by atoms with Gasteiger partial charge in [-0.2, -0.15) is 0 Å². The highest BCUT2D eigenvalue weighted by molar-refractivity contribution is 7.99. The molecule has 8 heteroatoms. The quantitative estimate of drug-likeness (QED) is 0.544. The van der Waals surface area contributed by atoms with Crippen molar-refractivity contribution in [3.05, 3.63) is 83.5 Å². The summed E-state index contributed by atoms with van der Waals surface area (Å²) in [4.78, 5) is 33.2. The third-order valence-corrected chi connectivity index (χ3v) is 6.36. The molecule has 6 nitrogen and oxygen atoms in total. The van der Waals surface area contributed by atoms with Gasteiger partial charge in [0.1, 0.15) is 0 Å². The van der Waals surface area contributed by atoms with Crippen molar-refractivity contribution in [2.24, 2.45) is 0 Å². The van der Waals surface area contributed by atoms with Crippen LogP contribution in [-0.4, -0.2) is 53.6 Å². The van der Waals surface area contributed by atoms with E-state index in [9.17, 15) is 9.59 Å². The number of carbonyl (C=O) groups is 2. The Balaban J connectivity index is 1.26. The van der Waals surface area contributed by atoms with Crippen molar-refractivity contribution in [2.45, 2.75) is 5.03 Å². The summed E-state index contributed by atoms with van der Waals surface area (Å²) in [5.41, 5.74) is 2.49. The molecule has 1 fully saturated rings. The largest absolute Gasteiger partial charge is 0.368 e. The second-order valence-corrected chi connectivity index (χ2v) is 8.77. The number of nitrogens with zero attached hydrogens (tertiary/aromatic N) is 3. The number of rotatable bonds is 6. The number of halogens is 1. The number of pyridine rings is 1. The third kappa shape index (κ3) is 5.81. The number of thioether (sulfide) groups is 1. The van der Waals surface area contributed by atoms with Crippen LogP contribution in [0.5, 0.6) is 0 Å². The topological polar surface area (TPSA) is 65.5 Å². The third-order valence-electron chi connectivity index (χ3n) is 5.16. The van der Waals surface area contributed by atoms with Crippen molar-refractivity contribution in [1.82, 2.24) is 9.88 Å². The molecule has 32 heavy (non-hydrogen) atoms. The van der Waals surface area contributed by atoms with Crippen LogP contribution in [0.25, 0.3) is 0 Å². The lowest BCUT2D eigenvalue weighted by molar-refractivity contribution is -0.113.